The highest BCUT2D eigenvalue weighted by molar-refractivity contribution is 5.92. The molecule has 3 N–H and O–H groups in total. The summed E-state index contributed by atoms with van der Waals surface area (Å²) in [6, 6.07) is 6.32. The van der Waals surface area contributed by atoms with Crippen LogP contribution >= 0.6 is 0 Å². The second kappa shape index (κ2) is 8.45. The summed E-state index contributed by atoms with van der Waals surface area (Å²) in [6.45, 7) is 0. The standard InChI is InChI=1S/C18H12F6N6O/c19-17(20,21)10-5-6-26-14(7-10)30-16-13(8-25)15(27-9-28-16)29-11-1-3-12(4-2-11)31-18(22,23)24/h1-9,25H,(H2,26,27,28,29,30). The molecule has 3 aromatic rings. The van der Waals surface area contributed by atoms with Crippen LogP contribution in [-0.4, -0.2) is 27.5 Å². The fourth-order valence-electron chi connectivity index (χ4n) is 2.40. The first-order valence-electron chi connectivity index (χ1n) is 8.34. The molecule has 0 radical (unpaired) electrons. The number of alkyl halides is 6. The Bertz CT molecular complexity index is 1070. The number of ether oxygens (including phenoxy) is 1. The summed E-state index contributed by atoms with van der Waals surface area (Å²) in [5, 5.41) is 13.0. The first-order valence-corrected chi connectivity index (χ1v) is 8.34. The molecule has 0 unspecified atom stereocenters. The molecule has 0 saturated heterocycles. The van der Waals surface area contributed by atoms with E-state index in [1.54, 1.807) is 0 Å². The number of halogens is 6. The number of nitrogens with one attached hydrogen (secondary N) is 3. The van der Waals surface area contributed by atoms with Gasteiger partial charge in [0.1, 0.15) is 29.5 Å². The molecule has 0 fully saturated rings. The number of aromatic nitrogens is 3. The van der Waals surface area contributed by atoms with Gasteiger partial charge >= 0.3 is 12.5 Å². The van der Waals surface area contributed by atoms with E-state index < -0.39 is 23.9 Å². The smallest absolute Gasteiger partial charge is 0.406 e. The van der Waals surface area contributed by atoms with Gasteiger partial charge in [-0.05, 0) is 36.4 Å². The number of nitrogens with zero attached hydrogens (tertiary/aromatic N) is 3. The number of hydrogen-bond donors (Lipinski definition) is 3. The zero-order valence-corrected chi connectivity index (χ0v) is 15.2. The van der Waals surface area contributed by atoms with Gasteiger partial charge in [-0.15, -0.1) is 13.2 Å². The molecule has 0 bridgehead atoms. The van der Waals surface area contributed by atoms with E-state index in [0.29, 0.717) is 5.69 Å². The summed E-state index contributed by atoms with van der Waals surface area (Å²) in [7, 11) is 0. The van der Waals surface area contributed by atoms with E-state index in [1.165, 1.54) is 12.1 Å². The van der Waals surface area contributed by atoms with Gasteiger partial charge in [0.05, 0.1) is 11.1 Å². The summed E-state index contributed by atoms with van der Waals surface area (Å²) < 4.78 is 79.2. The lowest BCUT2D eigenvalue weighted by Gasteiger charge is -2.14. The van der Waals surface area contributed by atoms with Crippen LogP contribution in [0.5, 0.6) is 5.75 Å². The minimum atomic E-state index is -4.83. The third-order valence-corrected chi connectivity index (χ3v) is 3.71. The van der Waals surface area contributed by atoms with Gasteiger partial charge in [-0.2, -0.15) is 13.2 Å². The summed E-state index contributed by atoms with van der Waals surface area (Å²) in [5.41, 5.74) is -0.522. The van der Waals surface area contributed by atoms with Gasteiger partial charge in [0.25, 0.3) is 0 Å². The molecule has 0 aliphatic rings. The molecule has 0 saturated carbocycles. The van der Waals surface area contributed by atoms with Gasteiger partial charge < -0.3 is 20.8 Å². The van der Waals surface area contributed by atoms with Crippen molar-refractivity contribution in [1.29, 1.82) is 5.41 Å². The number of rotatable bonds is 6. The molecule has 0 amide bonds. The first-order chi connectivity index (χ1) is 14.5. The molecule has 13 heteroatoms. The lowest BCUT2D eigenvalue weighted by atomic mass is 10.2. The molecule has 1 aromatic carbocycles. The predicted octanol–water partition coefficient (Wildman–Crippen LogP) is 5.27. The second-order valence-electron chi connectivity index (χ2n) is 5.88. The molecular weight excluding hydrogens is 430 g/mol. The summed E-state index contributed by atoms with van der Waals surface area (Å²) in [6.07, 6.45) is -6.47. The number of anilines is 4. The number of pyridine rings is 1. The van der Waals surface area contributed by atoms with Gasteiger partial charge in [0.2, 0.25) is 0 Å². The SMILES string of the molecule is N=Cc1c(Nc2ccc(OC(F)(F)F)cc2)ncnc1Nc1cc(C(F)(F)F)ccn1. The molecule has 7 nitrogen and oxygen atoms in total. The molecule has 162 valence electrons. The fourth-order valence-corrected chi connectivity index (χ4v) is 2.40. The molecule has 3 rings (SSSR count). The van der Waals surface area contributed by atoms with Crippen LogP contribution in [0.15, 0.2) is 48.9 Å². The van der Waals surface area contributed by atoms with Crippen LogP contribution in [-0.2, 0) is 6.18 Å². The monoisotopic (exact) mass is 442 g/mol. The topological polar surface area (TPSA) is 95.8 Å². The maximum absolute atomic E-state index is 12.9. The Hall–Kier alpha value is -3.90. The van der Waals surface area contributed by atoms with E-state index in [1.807, 2.05) is 0 Å². The second-order valence-corrected chi connectivity index (χ2v) is 5.88. The Morgan fingerprint density at radius 1 is 0.871 bits per heavy atom. The first kappa shape index (κ1) is 21.8. The third kappa shape index (κ3) is 5.81. The van der Waals surface area contributed by atoms with Crippen molar-refractivity contribution in [2.24, 2.45) is 0 Å². The highest BCUT2D eigenvalue weighted by Gasteiger charge is 2.31. The van der Waals surface area contributed by atoms with E-state index in [4.69, 9.17) is 5.41 Å². The van der Waals surface area contributed by atoms with Gasteiger partial charge in [-0.1, -0.05) is 0 Å². The molecule has 2 heterocycles. The van der Waals surface area contributed by atoms with Crippen LogP contribution in [0.3, 0.4) is 0 Å². The fraction of sp³-hybridized carbons (Fsp3) is 0.111. The normalized spacial score (nSPS) is 11.7. The third-order valence-electron chi connectivity index (χ3n) is 3.71. The Morgan fingerprint density at radius 3 is 2.10 bits per heavy atom. The van der Waals surface area contributed by atoms with Crippen molar-refractivity contribution in [1.82, 2.24) is 15.0 Å². The zero-order chi connectivity index (χ0) is 22.6. The van der Waals surface area contributed by atoms with E-state index in [2.05, 4.69) is 30.3 Å². The Labute approximate surface area is 170 Å². The minimum absolute atomic E-state index is 0.00338. The van der Waals surface area contributed by atoms with E-state index in [9.17, 15) is 26.3 Å². The van der Waals surface area contributed by atoms with Crippen molar-refractivity contribution in [3.8, 4) is 5.75 Å². The highest BCUT2D eigenvalue weighted by Crippen LogP contribution is 2.31. The van der Waals surface area contributed by atoms with Gasteiger partial charge in [-0.3, -0.25) is 0 Å². The summed E-state index contributed by atoms with van der Waals surface area (Å²) in [4.78, 5) is 11.7. The Balaban J connectivity index is 1.83. The molecule has 0 spiro atoms. The molecule has 31 heavy (non-hydrogen) atoms. The molecule has 0 atom stereocenters. The van der Waals surface area contributed by atoms with Gasteiger partial charge in [-0.25, -0.2) is 15.0 Å². The minimum Gasteiger partial charge on any atom is -0.406 e. The highest BCUT2D eigenvalue weighted by atomic mass is 19.4. The van der Waals surface area contributed by atoms with Crippen molar-refractivity contribution in [3.05, 3.63) is 60.0 Å². The van der Waals surface area contributed by atoms with E-state index in [-0.39, 0.29) is 23.0 Å². The van der Waals surface area contributed by atoms with Crippen molar-refractivity contribution < 1.29 is 31.1 Å². The Kier molecular flexibility index (Phi) is 5.95. The lowest BCUT2D eigenvalue weighted by Crippen LogP contribution is -2.17. The number of hydrogen-bond acceptors (Lipinski definition) is 7. The summed E-state index contributed by atoms with van der Waals surface area (Å²) >= 11 is 0. The van der Waals surface area contributed by atoms with Gasteiger partial charge in [0, 0.05) is 18.1 Å². The average Bonchev–Trinajstić information content (AvgIpc) is 2.68. The quantitative estimate of drug-likeness (QED) is 0.355. The van der Waals surface area contributed by atoms with Crippen LogP contribution < -0.4 is 15.4 Å². The Morgan fingerprint density at radius 2 is 1.52 bits per heavy atom. The van der Waals surface area contributed by atoms with E-state index >= 15 is 0 Å². The predicted molar refractivity (Wildman–Crippen MR) is 98.8 cm³/mol. The van der Waals surface area contributed by atoms with Crippen molar-refractivity contribution in [2.45, 2.75) is 12.5 Å². The van der Waals surface area contributed by atoms with Crippen LogP contribution in [0.4, 0.5) is 49.5 Å². The van der Waals surface area contributed by atoms with Crippen LogP contribution in [0.25, 0.3) is 0 Å². The van der Waals surface area contributed by atoms with Gasteiger partial charge in [0.15, 0.2) is 0 Å². The largest absolute Gasteiger partial charge is 0.573 e. The lowest BCUT2D eigenvalue weighted by molar-refractivity contribution is -0.274. The average molecular weight is 442 g/mol. The van der Waals surface area contributed by atoms with Crippen molar-refractivity contribution in [3.63, 3.8) is 0 Å². The van der Waals surface area contributed by atoms with Crippen LogP contribution in [0.1, 0.15) is 11.1 Å². The summed E-state index contributed by atoms with van der Waals surface area (Å²) in [5.74, 6) is -0.498. The molecule has 0 aliphatic heterocycles. The molecule has 0 aliphatic carbocycles. The molecular formula is C18H12F6N6O. The number of benzene rings is 1. The van der Waals surface area contributed by atoms with Crippen LogP contribution in [0, 0.1) is 5.41 Å². The van der Waals surface area contributed by atoms with E-state index in [0.717, 1.165) is 43.0 Å². The molecule has 2 aromatic heterocycles. The maximum atomic E-state index is 12.9. The maximum Gasteiger partial charge on any atom is 0.573 e. The van der Waals surface area contributed by atoms with Crippen molar-refractivity contribution in [2.75, 3.05) is 10.6 Å². The zero-order valence-electron chi connectivity index (χ0n) is 15.2. The van der Waals surface area contributed by atoms with Crippen LogP contribution in [0.2, 0.25) is 0 Å². The van der Waals surface area contributed by atoms with Crippen molar-refractivity contribution >= 4 is 29.4 Å².